The van der Waals surface area contributed by atoms with Gasteiger partial charge in [0.25, 0.3) is 0 Å². The van der Waals surface area contributed by atoms with E-state index in [1.54, 1.807) is 18.7 Å². The number of carbonyl (C=O) groups is 1. The average Bonchev–Trinajstić information content (AvgIpc) is 2.95. The number of ketones is 1. The third-order valence-electron chi connectivity index (χ3n) is 2.08. The van der Waals surface area contributed by atoms with Crippen molar-refractivity contribution in [3.8, 4) is 0 Å². The summed E-state index contributed by atoms with van der Waals surface area (Å²) in [6, 6.07) is 0. The molecule has 0 spiro atoms. The minimum Gasteiger partial charge on any atom is -0.382 e. The predicted octanol–water partition coefficient (Wildman–Crippen LogP) is 1.02. The number of aromatic nitrogens is 1. The number of ether oxygens (including phenoxy) is 4. The highest BCUT2D eigenvalue weighted by Crippen LogP contribution is 2.04. The largest absolute Gasteiger partial charge is 0.382 e. The van der Waals surface area contributed by atoms with Crippen molar-refractivity contribution >= 4 is 17.1 Å². The maximum Gasteiger partial charge on any atom is 0.216 e. The van der Waals surface area contributed by atoms with E-state index in [0.717, 1.165) is 0 Å². The minimum absolute atomic E-state index is 0.0429. The van der Waals surface area contributed by atoms with Crippen molar-refractivity contribution < 1.29 is 23.7 Å². The van der Waals surface area contributed by atoms with E-state index in [4.69, 9.17) is 18.9 Å². The molecule has 1 rings (SSSR count). The zero-order chi connectivity index (χ0) is 13.8. The fraction of sp³-hybridized carbons (Fsp3) is 0.667. The molecule has 0 saturated heterocycles. The lowest BCUT2D eigenvalue weighted by atomic mass is 10.4. The van der Waals surface area contributed by atoms with E-state index in [1.165, 1.54) is 11.3 Å². The van der Waals surface area contributed by atoms with Crippen LogP contribution in [0.1, 0.15) is 9.80 Å². The molecule has 0 fully saturated rings. The smallest absolute Gasteiger partial charge is 0.216 e. The van der Waals surface area contributed by atoms with Crippen LogP contribution in [0.4, 0.5) is 0 Å². The Labute approximate surface area is 116 Å². The zero-order valence-corrected chi connectivity index (χ0v) is 11.8. The molecule has 0 atom stereocenters. The molecule has 108 valence electrons. The number of hydrogen-bond acceptors (Lipinski definition) is 7. The summed E-state index contributed by atoms with van der Waals surface area (Å²) in [7, 11) is 1.63. The fourth-order valence-electron chi connectivity index (χ4n) is 1.17. The van der Waals surface area contributed by atoms with Crippen LogP contribution in [0.2, 0.25) is 0 Å². The van der Waals surface area contributed by atoms with Crippen molar-refractivity contribution in [1.29, 1.82) is 0 Å². The number of nitrogens with zero attached hydrogens (tertiary/aromatic N) is 1. The molecule has 1 heterocycles. The second-order valence-corrected chi connectivity index (χ2v) is 4.43. The van der Waals surface area contributed by atoms with E-state index in [2.05, 4.69) is 4.98 Å². The van der Waals surface area contributed by atoms with Gasteiger partial charge in [0.2, 0.25) is 5.78 Å². The van der Waals surface area contributed by atoms with Gasteiger partial charge in [0, 0.05) is 18.7 Å². The Kier molecular flexibility index (Phi) is 9.38. The summed E-state index contributed by atoms with van der Waals surface area (Å²) < 4.78 is 20.5. The molecule has 0 bridgehead atoms. The number of hydrogen-bond donors (Lipinski definition) is 0. The van der Waals surface area contributed by atoms with Gasteiger partial charge in [0.15, 0.2) is 5.01 Å². The maximum atomic E-state index is 11.5. The molecule has 1 aromatic heterocycles. The lowest BCUT2D eigenvalue weighted by Gasteiger charge is -2.05. The third-order valence-corrected chi connectivity index (χ3v) is 2.89. The van der Waals surface area contributed by atoms with Gasteiger partial charge < -0.3 is 18.9 Å². The average molecular weight is 289 g/mol. The van der Waals surface area contributed by atoms with Gasteiger partial charge in [-0.05, 0) is 0 Å². The van der Waals surface area contributed by atoms with E-state index < -0.39 is 0 Å². The third kappa shape index (κ3) is 8.02. The first kappa shape index (κ1) is 16.2. The topological polar surface area (TPSA) is 66.9 Å². The molecular weight excluding hydrogens is 270 g/mol. The van der Waals surface area contributed by atoms with Crippen molar-refractivity contribution in [3.63, 3.8) is 0 Å². The molecule has 6 nitrogen and oxygen atoms in total. The number of Topliss-reactive ketones (excluding diaryl/α,β-unsaturated/α-hetero) is 1. The molecule has 19 heavy (non-hydrogen) atoms. The number of rotatable bonds is 12. The molecule has 0 aliphatic carbocycles. The van der Waals surface area contributed by atoms with Gasteiger partial charge in [0.05, 0.1) is 39.6 Å². The number of thiazole rings is 1. The van der Waals surface area contributed by atoms with Crippen molar-refractivity contribution in [3.05, 3.63) is 16.6 Å². The van der Waals surface area contributed by atoms with E-state index in [1.807, 2.05) is 0 Å². The first-order valence-electron chi connectivity index (χ1n) is 5.99. The van der Waals surface area contributed by atoms with E-state index in [0.29, 0.717) is 44.6 Å². The number of methoxy groups -OCH3 is 1. The Hall–Kier alpha value is -0.860. The molecule has 1 aromatic rings. The van der Waals surface area contributed by atoms with Gasteiger partial charge in [-0.1, -0.05) is 0 Å². The van der Waals surface area contributed by atoms with Crippen LogP contribution in [-0.4, -0.2) is 64.1 Å². The van der Waals surface area contributed by atoms with Crippen molar-refractivity contribution in [1.82, 2.24) is 4.98 Å². The summed E-state index contributed by atoms with van der Waals surface area (Å²) in [4.78, 5) is 15.4. The molecule has 0 amide bonds. The summed E-state index contributed by atoms with van der Waals surface area (Å²) in [5, 5.41) is 2.24. The summed E-state index contributed by atoms with van der Waals surface area (Å²) in [5.41, 5.74) is 0. The Morgan fingerprint density at radius 3 is 2.32 bits per heavy atom. The second kappa shape index (κ2) is 11.0. The minimum atomic E-state index is -0.0992. The van der Waals surface area contributed by atoms with E-state index >= 15 is 0 Å². The summed E-state index contributed by atoms with van der Waals surface area (Å²) in [6.07, 6.45) is 1.60. The Bertz CT molecular complexity index is 331. The fourth-order valence-corrected chi connectivity index (χ4v) is 1.73. The van der Waals surface area contributed by atoms with Gasteiger partial charge in [-0.15, -0.1) is 11.3 Å². The molecule has 0 aromatic carbocycles. The van der Waals surface area contributed by atoms with Crippen LogP contribution >= 0.6 is 11.3 Å². The van der Waals surface area contributed by atoms with Crippen LogP contribution in [0.15, 0.2) is 11.6 Å². The van der Waals surface area contributed by atoms with E-state index in [-0.39, 0.29) is 12.4 Å². The molecule has 0 saturated carbocycles. The van der Waals surface area contributed by atoms with Crippen LogP contribution in [0.5, 0.6) is 0 Å². The highest BCUT2D eigenvalue weighted by atomic mass is 32.1. The standard InChI is InChI=1S/C12H19NO5S/c1-15-3-4-16-5-6-17-7-8-18-10-11(14)12-13-2-9-19-12/h2,9H,3-8,10H2,1H3. The molecule has 0 unspecified atom stereocenters. The van der Waals surface area contributed by atoms with Gasteiger partial charge >= 0.3 is 0 Å². The van der Waals surface area contributed by atoms with E-state index in [9.17, 15) is 4.79 Å². The molecule has 0 N–H and O–H groups in total. The number of carbonyl (C=O) groups excluding carboxylic acids is 1. The summed E-state index contributed by atoms with van der Waals surface area (Å²) in [5.74, 6) is -0.0992. The SMILES string of the molecule is COCCOCCOCCOCC(=O)c1nccs1. The molecule has 7 heteroatoms. The second-order valence-electron chi connectivity index (χ2n) is 3.53. The van der Waals surface area contributed by atoms with Gasteiger partial charge in [-0.3, -0.25) is 4.79 Å². The first-order chi connectivity index (χ1) is 9.34. The summed E-state index contributed by atoms with van der Waals surface area (Å²) >= 11 is 1.31. The quantitative estimate of drug-likeness (QED) is 0.423. The van der Waals surface area contributed by atoms with Gasteiger partial charge in [-0.25, -0.2) is 4.98 Å². The monoisotopic (exact) mass is 289 g/mol. The van der Waals surface area contributed by atoms with Crippen molar-refractivity contribution in [2.45, 2.75) is 0 Å². The maximum absolute atomic E-state index is 11.5. The first-order valence-corrected chi connectivity index (χ1v) is 6.87. The summed E-state index contributed by atoms with van der Waals surface area (Å²) in [6.45, 7) is 3.06. The van der Waals surface area contributed by atoms with Crippen LogP contribution < -0.4 is 0 Å². The molecule has 0 radical (unpaired) electrons. The van der Waals surface area contributed by atoms with Crippen molar-refractivity contribution in [2.75, 3.05) is 53.4 Å². The Balaban J connectivity index is 1.85. The van der Waals surface area contributed by atoms with Crippen molar-refractivity contribution in [2.24, 2.45) is 0 Å². The van der Waals surface area contributed by atoms with Crippen LogP contribution in [0.25, 0.3) is 0 Å². The van der Waals surface area contributed by atoms with Gasteiger partial charge in [-0.2, -0.15) is 0 Å². The normalized spacial score (nSPS) is 10.8. The zero-order valence-electron chi connectivity index (χ0n) is 11.0. The van der Waals surface area contributed by atoms with Crippen LogP contribution in [-0.2, 0) is 18.9 Å². The predicted molar refractivity (Wildman–Crippen MR) is 70.8 cm³/mol. The molecule has 0 aliphatic heterocycles. The Morgan fingerprint density at radius 1 is 1.11 bits per heavy atom. The molecular formula is C12H19NO5S. The van der Waals surface area contributed by atoms with Gasteiger partial charge in [0.1, 0.15) is 6.61 Å². The lowest BCUT2D eigenvalue weighted by Crippen LogP contribution is -2.14. The van der Waals surface area contributed by atoms with Crippen LogP contribution in [0, 0.1) is 0 Å². The highest BCUT2D eigenvalue weighted by molar-refractivity contribution is 7.11. The Morgan fingerprint density at radius 2 is 1.74 bits per heavy atom. The van der Waals surface area contributed by atoms with Crippen LogP contribution in [0.3, 0.4) is 0 Å². The molecule has 0 aliphatic rings. The lowest BCUT2D eigenvalue weighted by molar-refractivity contribution is 0.00492. The highest BCUT2D eigenvalue weighted by Gasteiger charge is 2.07.